The van der Waals surface area contributed by atoms with Gasteiger partial charge in [0.05, 0.1) is 0 Å². The molecule has 4 nitrogen and oxygen atoms in total. The van der Waals surface area contributed by atoms with E-state index in [2.05, 4.69) is 25.9 Å². The lowest BCUT2D eigenvalue weighted by atomic mass is 10.3. The van der Waals surface area contributed by atoms with Crippen molar-refractivity contribution in [2.24, 2.45) is 0 Å². The van der Waals surface area contributed by atoms with E-state index in [1.807, 2.05) is 30.5 Å². The van der Waals surface area contributed by atoms with Crippen molar-refractivity contribution >= 4 is 33.5 Å². The van der Waals surface area contributed by atoms with Crippen LogP contribution in [0.15, 0.2) is 40.0 Å². The molecule has 88 valence electrons. The number of rotatable bonds is 3. The lowest BCUT2D eigenvalue weighted by Crippen LogP contribution is -1.97. The van der Waals surface area contributed by atoms with E-state index >= 15 is 0 Å². The lowest BCUT2D eigenvalue weighted by Gasteiger charge is -2.06. The molecule has 0 unspecified atom stereocenters. The molecule has 1 aromatic heterocycles. The zero-order chi connectivity index (χ0) is 12.3. The number of ether oxygens (including phenoxy) is 1. The van der Waals surface area contributed by atoms with Crippen molar-refractivity contribution in [3.05, 3.63) is 34.8 Å². The van der Waals surface area contributed by atoms with Gasteiger partial charge in [0, 0.05) is 10.5 Å². The summed E-state index contributed by atoms with van der Waals surface area (Å²) in [6.07, 6.45) is 1.89. The van der Waals surface area contributed by atoms with Crippen LogP contribution in [0.3, 0.4) is 0 Å². The Labute approximate surface area is 112 Å². The van der Waals surface area contributed by atoms with Gasteiger partial charge in [-0.3, -0.25) is 0 Å². The highest BCUT2D eigenvalue weighted by Crippen LogP contribution is 2.24. The molecule has 2 aromatic rings. The van der Waals surface area contributed by atoms with E-state index in [0.717, 1.165) is 4.47 Å². The molecule has 0 bridgehead atoms. The molecular weight excluding hydrogens is 302 g/mol. The molecular formula is C11H10BrN3OS. The molecule has 0 aliphatic rings. The van der Waals surface area contributed by atoms with Gasteiger partial charge in [-0.1, -0.05) is 27.7 Å². The molecule has 2 rings (SSSR count). The highest BCUT2D eigenvalue weighted by molar-refractivity contribution is 9.10. The van der Waals surface area contributed by atoms with E-state index in [1.165, 1.54) is 11.8 Å². The first-order valence-electron chi connectivity index (χ1n) is 4.79. The molecule has 0 spiro atoms. The van der Waals surface area contributed by atoms with Crippen molar-refractivity contribution < 1.29 is 4.74 Å². The topological polar surface area (TPSA) is 61.0 Å². The van der Waals surface area contributed by atoms with Gasteiger partial charge >= 0.3 is 0 Å². The van der Waals surface area contributed by atoms with Crippen LogP contribution in [0.5, 0.6) is 11.6 Å². The molecule has 0 fully saturated rings. The summed E-state index contributed by atoms with van der Waals surface area (Å²) in [5, 5.41) is 0.595. The number of aromatic nitrogens is 2. The Hall–Kier alpha value is -1.27. The largest absolute Gasteiger partial charge is 0.439 e. The van der Waals surface area contributed by atoms with Gasteiger partial charge in [0.25, 0.3) is 0 Å². The number of nitrogen functional groups attached to an aromatic ring is 1. The SMILES string of the molecule is CSc1nc(N)cc(Oc2ccc(Br)cc2)n1. The third-order valence-electron chi connectivity index (χ3n) is 1.92. The lowest BCUT2D eigenvalue weighted by molar-refractivity contribution is 0.456. The van der Waals surface area contributed by atoms with Crippen molar-refractivity contribution in [3.8, 4) is 11.6 Å². The highest BCUT2D eigenvalue weighted by Gasteiger charge is 2.04. The van der Waals surface area contributed by atoms with E-state index in [-0.39, 0.29) is 0 Å². The van der Waals surface area contributed by atoms with Crippen LogP contribution in [-0.4, -0.2) is 16.2 Å². The summed E-state index contributed by atoms with van der Waals surface area (Å²) in [4.78, 5) is 8.26. The summed E-state index contributed by atoms with van der Waals surface area (Å²) in [6, 6.07) is 9.09. The zero-order valence-corrected chi connectivity index (χ0v) is 11.5. The molecule has 0 aliphatic carbocycles. The molecule has 0 aliphatic heterocycles. The number of nitrogens with zero attached hydrogens (tertiary/aromatic N) is 2. The standard InChI is InChI=1S/C11H10BrN3OS/c1-17-11-14-9(13)6-10(15-11)16-8-4-2-7(12)3-5-8/h2-6H,1H3,(H2,13,14,15). The fraction of sp³-hybridized carbons (Fsp3) is 0.0909. The number of halogens is 1. The monoisotopic (exact) mass is 311 g/mol. The van der Waals surface area contributed by atoms with Gasteiger partial charge in [-0.2, -0.15) is 4.98 Å². The van der Waals surface area contributed by atoms with Crippen molar-refractivity contribution in [3.63, 3.8) is 0 Å². The maximum Gasteiger partial charge on any atom is 0.225 e. The number of hydrogen-bond acceptors (Lipinski definition) is 5. The smallest absolute Gasteiger partial charge is 0.225 e. The predicted octanol–water partition coefficient (Wildman–Crippen LogP) is 3.34. The third kappa shape index (κ3) is 3.34. The second kappa shape index (κ2) is 5.37. The van der Waals surface area contributed by atoms with Crippen LogP contribution in [0.25, 0.3) is 0 Å². The molecule has 1 heterocycles. The average molecular weight is 312 g/mol. The summed E-state index contributed by atoms with van der Waals surface area (Å²) in [5.41, 5.74) is 5.66. The Morgan fingerprint density at radius 1 is 1.24 bits per heavy atom. The Balaban J connectivity index is 2.23. The molecule has 1 aromatic carbocycles. The number of benzene rings is 1. The van der Waals surface area contributed by atoms with Crippen molar-refractivity contribution in [2.75, 3.05) is 12.0 Å². The van der Waals surface area contributed by atoms with Gasteiger partial charge in [0.1, 0.15) is 11.6 Å². The average Bonchev–Trinajstić information content (AvgIpc) is 2.31. The van der Waals surface area contributed by atoms with Gasteiger partial charge < -0.3 is 10.5 Å². The summed E-state index contributed by atoms with van der Waals surface area (Å²) in [5.74, 6) is 1.55. The number of nitrogens with two attached hydrogens (primary N) is 1. The Kier molecular flexibility index (Phi) is 3.86. The van der Waals surface area contributed by atoms with Crippen molar-refractivity contribution in [2.45, 2.75) is 5.16 Å². The molecule has 17 heavy (non-hydrogen) atoms. The van der Waals surface area contributed by atoms with Gasteiger partial charge in [-0.25, -0.2) is 4.98 Å². The van der Waals surface area contributed by atoms with Crippen LogP contribution in [0.4, 0.5) is 5.82 Å². The van der Waals surface area contributed by atoms with Gasteiger partial charge in [0.15, 0.2) is 5.16 Å². The minimum Gasteiger partial charge on any atom is -0.439 e. The normalized spacial score (nSPS) is 10.2. The molecule has 0 saturated carbocycles. The number of hydrogen-bond donors (Lipinski definition) is 1. The summed E-state index contributed by atoms with van der Waals surface area (Å²) in [6.45, 7) is 0. The summed E-state index contributed by atoms with van der Waals surface area (Å²) in [7, 11) is 0. The van der Waals surface area contributed by atoms with Crippen LogP contribution in [0.1, 0.15) is 0 Å². The van der Waals surface area contributed by atoms with Crippen LogP contribution in [0.2, 0.25) is 0 Å². The van der Waals surface area contributed by atoms with E-state index in [9.17, 15) is 0 Å². The maximum atomic E-state index is 5.66. The number of thioether (sulfide) groups is 1. The van der Waals surface area contributed by atoms with Crippen LogP contribution < -0.4 is 10.5 Å². The maximum absolute atomic E-state index is 5.66. The number of anilines is 1. The third-order valence-corrected chi connectivity index (χ3v) is 3.00. The van der Waals surface area contributed by atoms with E-state index in [1.54, 1.807) is 6.07 Å². The Morgan fingerprint density at radius 3 is 2.59 bits per heavy atom. The zero-order valence-electron chi connectivity index (χ0n) is 9.05. The first-order valence-corrected chi connectivity index (χ1v) is 6.81. The minimum atomic E-state index is 0.400. The quantitative estimate of drug-likeness (QED) is 0.696. The fourth-order valence-electron chi connectivity index (χ4n) is 1.19. The van der Waals surface area contributed by atoms with Crippen LogP contribution in [0, 0.1) is 0 Å². The highest BCUT2D eigenvalue weighted by atomic mass is 79.9. The van der Waals surface area contributed by atoms with E-state index in [4.69, 9.17) is 10.5 Å². The first-order chi connectivity index (χ1) is 8.17. The first kappa shape index (κ1) is 12.2. The Morgan fingerprint density at radius 2 is 1.94 bits per heavy atom. The van der Waals surface area contributed by atoms with Gasteiger partial charge in [-0.05, 0) is 30.5 Å². The molecule has 0 atom stereocenters. The second-order valence-corrected chi connectivity index (χ2v) is 4.86. The fourth-order valence-corrected chi connectivity index (χ4v) is 1.83. The molecule has 2 N–H and O–H groups in total. The molecule has 0 saturated heterocycles. The summed E-state index contributed by atoms with van der Waals surface area (Å²) < 4.78 is 6.59. The van der Waals surface area contributed by atoms with E-state index in [0.29, 0.717) is 22.6 Å². The predicted molar refractivity (Wildman–Crippen MR) is 72.4 cm³/mol. The second-order valence-electron chi connectivity index (χ2n) is 3.17. The van der Waals surface area contributed by atoms with E-state index < -0.39 is 0 Å². The van der Waals surface area contributed by atoms with Gasteiger partial charge in [-0.15, -0.1) is 0 Å². The molecule has 6 heteroatoms. The van der Waals surface area contributed by atoms with Crippen LogP contribution >= 0.6 is 27.7 Å². The molecule has 0 amide bonds. The van der Waals surface area contributed by atoms with Crippen LogP contribution in [-0.2, 0) is 0 Å². The summed E-state index contributed by atoms with van der Waals surface area (Å²) >= 11 is 4.78. The minimum absolute atomic E-state index is 0.400. The Bertz CT molecular complexity index is 519. The van der Waals surface area contributed by atoms with Crippen molar-refractivity contribution in [1.82, 2.24) is 9.97 Å². The molecule has 0 radical (unpaired) electrons. The van der Waals surface area contributed by atoms with Gasteiger partial charge in [0.2, 0.25) is 5.88 Å². The van der Waals surface area contributed by atoms with Crippen molar-refractivity contribution in [1.29, 1.82) is 0 Å².